The quantitative estimate of drug-likeness (QED) is 0.900. The van der Waals surface area contributed by atoms with Crippen LogP contribution in [0.3, 0.4) is 0 Å². The van der Waals surface area contributed by atoms with Gasteiger partial charge in [0.05, 0.1) is 6.04 Å². The maximum Gasteiger partial charge on any atom is 0.0616 e. The molecule has 3 rings (SSSR count). The van der Waals surface area contributed by atoms with E-state index in [4.69, 9.17) is 0 Å². The molecule has 0 heterocycles. The predicted molar refractivity (Wildman–Crippen MR) is 87.3 cm³/mol. The summed E-state index contributed by atoms with van der Waals surface area (Å²) in [5.41, 5.74) is 5.50. The summed E-state index contributed by atoms with van der Waals surface area (Å²) in [6.07, 6.45) is 0.818. The van der Waals surface area contributed by atoms with Gasteiger partial charge in [-0.05, 0) is 42.5 Å². The van der Waals surface area contributed by atoms with Crippen molar-refractivity contribution in [3.05, 3.63) is 59.7 Å². The average molecular weight is 281 g/mol. The normalized spacial score (nSPS) is 13.8. The summed E-state index contributed by atoms with van der Waals surface area (Å²) in [5.74, 6) is 0. The molecule has 0 fully saturated rings. The van der Waals surface area contributed by atoms with E-state index >= 15 is 0 Å². The molecular weight excluding hydrogens is 258 g/mol. The molecular formula is C19H23NO. The SMILES string of the molecule is CC(C)N(CCCO)C1c2ccccc2-c2ccccc21. The highest BCUT2D eigenvalue weighted by Crippen LogP contribution is 2.46. The van der Waals surface area contributed by atoms with Gasteiger partial charge in [-0.1, -0.05) is 48.5 Å². The zero-order valence-corrected chi connectivity index (χ0v) is 12.8. The monoisotopic (exact) mass is 281 g/mol. The summed E-state index contributed by atoms with van der Waals surface area (Å²) in [5, 5.41) is 9.20. The lowest BCUT2D eigenvalue weighted by atomic mass is 10.0. The average Bonchev–Trinajstić information content (AvgIpc) is 2.83. The molecule has 21 heavy (non-hydrogen) atoms. The second-order valence-electron chi connectivity index (χ2n) is 5.99. The van der Waals surface area contributed by atoms with Gasteiger partial charge in [-0.25, -0.2) is 0 Å². The number of nitrogens with zero attached hydrogens (tertiary/aromatic N) is 1. The van der Waals surface area contributed by atoms with Crippen LogP contribution in [0.25, 0.3) is 11.1 Å². The number of hydrogen-bond acceptors (Lipinski definition) is 2. The third-order valence-corrected chi connectivity index (χ3v) is 4.37. The molecule has 0 spiro atoms. The van der Waals surface area contributed by atoms with Crippen LogP contribution < -0.4 is 0 Å². The smallest absolute Gasteiger partial charge is 0.0616 e. The summed E-state index contributed by atoms with van der Waals surface area (Å²) in [4.78, 5) is 2.50. The van der Waals surface area contributed by atoms with Crippen molar-refractivity contribution in [1.82, 2.24) is 4.90 Å². The van der Waals surface area contributed by atoms with Crippen molar-refractivity contribution in [2.24, 2.45) is 0 Å². The minimum Gasteiger partial charge on any atom is -0.396 e. The summed E-state index contributed by atoms with van der Waals surface area (Å²) in [6, 6.07) is 18.2. The van der Waals surface area contributed by atoms with E-state index in [0.717, 1.165) is 13.0 Å². The molecule has 1 aliphatic rings. The van der Waals surface area contributed by atoms with Gasteiger partial charge in [0.25, 0.3) is 0 Å². The molecule has 0 saturated heterocycles. The molecule has 0 bridgehead atoms. The topological polar surface area (TPSA) is 23.5 Å². The lowest BCUT2D eigenvalue weighted by Crippen LogP contribution is -2.35. The first-order valence-corrected chi connectivity index (χ1v) is 7.79. The number of fused-ring (bicyclic) bond motifs is 3. The van der Waals surface area contributed by atoms with Crippen molar-refractivity contribution in [2.75, 3.05) is 13.2 Å². The van der Waals surface area contributed by atoms with Crippen molar-refractivity contribution in [3.63, 3.8) is 0 Å². The van der Waals surface area contributed by atoms with Crippen LogP contribution in [-0.4, -0.2) is 29.2 Å². The van der Waals surface area contributed by atoms with Gasteiger partial charge in [0, 0.05) is 19.2 Å². The van der Waals surface area contributed by atoms with Crippen molar-refractivity contribution in [1.29, 1.82) is 0 Å². The standard InChI is InChI=1S/C19H23NO/c1-14(2)20(12-7-13-21)19-17-10-5-3-8-15(17)16-9-4-6-11-18(16)19/h3-6,8-11,14,19,21H,7,12-13H2,1-2H3. The molecule has 0 unspecified atom stereocenters. The van der Waals surface area contributed by atoms with Gasteiger partial charge in [-0.3, -0.25) is 4.90 Å². The Morgan fingerprint density at radius 1 is 0.952 bits per heavy atom. The molecule has 0 saturated carbocycles. The lowest BCUT2D eigenvalue weighted by molar-refractivity contribution is 0.160. The molecule has 2 aromatic carbocycles. The third kappa shape index (κ3) is 2.50. The van der Waals surface area contributed by atoms with E-state index in [2.05, 4.69) is 67.3 Å². The highest BCUT2D eigenvalue weighted by Gasteiger charge is 2.33. The number of aliphatic hydroxyl groups is 1. The van der Waals surface area contributed by atoms with Crippen LogP contribution in [0.1, 0.15) is 37.4 Å². The summed E-state index contributed by atoms with van der Waals surface area (Å²) in [7, 11) is 0. The van der Waals surface area contributed by atoms with Crippen LogP contribution >= 0.6 is 0 Å². The minimum atomic E-state index is 0.249. The highest BCUT2D eigenvalue weighted by atomic mass is 16.3. The van der Waals surface area contributed by atoms with E-state index in [0.29, 0.717) is 12.1 Å². The largest absolute Gasteiger partial charge is 0.396 e. The molecule has 1 aliphatic carbocycles. The Hall–Kier alpha value is -1.64. The minimum absolute atomic E-state index is 0.249. The summed E-state index contributed by atoms with van der Waals surface area (Å²) in [6.45, 7) is 5.64. The molecule has 2 nitrogen and oxygen atoms in total. The van der Waals surface area contributed by atoms with Gasteiger partial charge in [0.2, 0.25) is 0 Å². The highest BCUT2D eigenvalue weighted by molar-refractivity contribution is 5.78. The maximum atomic E-state index is 9.20. The molecule has 0 atom stereocenters. The Kier molecular flexibility index (Phi) is 4.09. The van der Waals surface area contributed by atoms with E-state index in [9.17, 15) is 5.11 Å². The Morgan fingerprint density at radius 3 is 1.95 bits per heavy atom. The van der Waals surface area contributed by atoms with E-state index in [1.54, 1.807) is 0 Å². The molecule has 0 amide bonds. The van der Waals surface area contributed by atoms with Crippen molar-refractivity contribution < 1.29 is 5.11 Å². The first-order chi connectivity index (χ1) is 10.2. The fourth-order valence-corrected chi connectivity index (χ4v) is 3.43. The van der Waals surface area contributed by atoms with Crippen LogP contribution in [0, 0.1) is 0 Å². The van der Waals surface area contributed by atoms with Crippen molar-refractivity contribution in [2.45, 2.75) is 32.4 Å². The maximum absolute atomic E-state index is 9.20. The molecule has 110 valence electrons. The van der Waals surface area contributed by atoms with Gasteiger partial charge < -0.3 is 5.11 Å². The van der Waals surface area contributed by atoms with Gasteiger partial charge in [-0.2, -0.15) is 0 Å². The lowest BCUT2D eigenvalue weighted by Gasteiger charge is -2.34. The second-order valence-corrected chi connectivity index (χ2v) is 5.99. The fraction of sp³-hybridized carbons (Fsp3) is 0.368. The van der Waals surface area contributed by atoms with Crippen molar-refractivity contribution >= 4 is 0 Å². The molecule has 1 N–H and O–H groups in total. The Bertz CT molecular complexity index is 575. The third-order valence-electron chi connectivity index (χ3n) is 4.37. The number of aliphatic hydroxyl groups excluding tert-OH is 1. The summed E-state index contributed by atoms with van der Waals surface area (Å²) < 4.78 is 0. The van der Waals surface area contributed by atoms with E-state index in [1.165, 1.54) is 22.3 Å². The first-order valence-electron chi connectivity index (χ1n) is 7.79. The van der Waals surface area contributed by atoms with Gasteiger partial charge in [0.1, 0.15) is 0 Å². The van der Waals surface area contributed by atoms with Crippen LogP contribution in [0.4, 0.5) is 0 Å². The van der Waals surface area contributed by atoms with E-state index in [-0.39, 0.29) is 6.61 Å². The fourth-order valence-electron chi connectivity index (χ4n) is 3.43. The van der Waals surface area contributed by atoms with Gasteiger partial charge in [0.15, 0.2) is 0 Å². The zero-order valence-electron chi connectivity index (χ0n) is 12.8. The van der Waals surface area contributed by atoms with Gasteiger partial charge >= 0.3 is 0 Å². The van der Waals surface area contributed by atoms with Crippen LogP contribution in [0.2, 0.25) is 0 Å². The number of rotatable bonds is 5. The predicted octanol–water partition coefficient (Wildman–Crippen LogP) is 3.85. The van der Waals surface area contributed by atoms with Crippen LogP contribution in [0.5, 0.6) is 0 Å². The Balaban J connectivity index is 2.08. The van der Waals surface area contributed by atoms with E-state index in [1.807, 2.05) is 0 Å². The summed E-state index contributed by atoms with van der Waals surface area (Å²) >= 11 is 0. The van der Waals surface area contributed by atoms with Gasteiger partial charge in [-0.15, -0.1) is 0 Å². The van der Waals surface area contributed by atoms with Crippen LogP contribution in [-0.2, 0) is 0 Å². The molecule has 0 aliphatic heterocycles. The first kappa shape index (κ1) is 14.3. The molecule has 0 radical (unpaired) electrons. The molecule has 2 heteroatoms. The van der Waals surface area contributed by atoms with E-state index < -0.39 is 0 Å². The Labute approximate surface area is 127 Å². The number of hydrogen-bond donors (Lipinski definition) is 1. The molecule has 2 aromatic rings. The zero-order chi connectivity index (χ0) is 14.8. The Morgan fingerprint density at radius 2 is 1.48 bits per heavy atom. The second kappa shape index (κ2) is 6.00. The van der Waals surface area contributed by atoms with Crippen LogP contribution in [0.15, 0.2) is 48.5 Å². The number of benzene rings is 2. The molecule has 0 aromatic heterocycles. The van der Waals surface area contributed by atoms with Crippen molar-refractivity contribution in [3.8, 4) is 11.1 Å².